The van der Waals surface area contributed by atoms with Crippen LogP contribution in [0.4, 0.5) is 0 Å². The van der Waals surface area contributed by atoms with Crippen molar-refractivity contribution in [3.8, 4) is 11.3 Å². The SMILES string of the molecule is Cn1cc(-c2cc3c(C4CCCNC4)nccn3n2)cn1. The van der Waals surface area contributed by atoms with Crippen molar-refractivity contribution in [3.05, 3.63) is 36.5 Å². The molecule has 108 valence electrons. The topological polar surface area (TPSA) is 60.0 Å². The second kappa shape index (κ2) is 4.96. The molecule has 4 rings (SSSR count). The van der Waals surface area contributed by atoms with Crippen molar-refractivity contribution in [3.63, 3.8) is 0 Å². The number of aryl methyl sites for hydroxylation is 1. The van der Waals surface area contributed by atoms with Crippen molar-refractivity contribution in [1.29, 1.82) is 0 Å². The summed E-state index contributed by atoms with van der Waals surface area (Å²) in [5.41, 5.74) is 4.23. The van der Waals surface area contributed by atoms with Crippen molar-refractivity contribution in [2.24, 2.45) is 7.05 Å². The third-order valence-corrected chi connectivity index (χ3v) is 4.10. The zero-order chi connectivity index (χ0) is 14.2. The van der Waals surface area contributed by atoms with E-state index in [1.54, 1.807) is 4.68 Å². The van der Waals surface area contributed by atoms with Crippen LogP contribution in [0.1, 0.15) is 24.5 Å². The first-order valence-electron chi connectivity index (χ1n) is 7.35. The Balaban J connectivity index is 1.80. The number of nitrogens with zero attached hydrogens (tertiary/aromatic N) is 5. The van der Waals surface area contributed by atoms with E-state index in [9.17, 15) is 0 Å². The molecular formula is C15H18N6. The summed E-state index contributed by atoms with van der Waals surface area (Å²) in [6, 6.07) is 2.12. The standard InChI is InChI=1S/C15H18N6/c1-20-10-12(9-18-20)13-7-14-15(11-3-2-4-16-8-11)17-5-6-21(14)19-13/h5-7,9-11,16H,2-4,8H2,1H3. The Morgan fingerprint density at radius 3 is 3.10 bits per heavy atom. The van der Waals surface area contributed by atoms with E-state index >= 15 is 0 Å². The second-order valence-electron chi connectivity index (χ2n) is 5.62. The minimum Gasteiger partial charge on any atom is -0.316 e. The van der Waals surface area contributed by atoms with Gasteiger partial charge in [0.1, 0.15) is 0 Å². The number of hydrogen-bond donors (Lipinski definition) is 1. The van der Waals surface area contributed by atoms with E-state index < -0.39 is 0 Å². The van der Waals surface area contributed by atoms with E-state index in [1.165, 1.54) is 12.8 Å². The summed E-state index contributed by atoms with van der Waals surface area (Å²) in [5, 5.41) is 12.3. The maximum absolute atomic E-state index is 4.65. The Bertz CT molecular complexity index is 765. The summed E-state index contributed by atoms with van der Waals surface area (Å²) in [7, 11) is 1.92. The first-order chi connectivity index (χ1) is 10.3. The van der Waals surface area contributed by atoms with E-state index in [0.29, 0.717) is 5.92 Å². The Morgan fingerprint density at radius 2 is 2.33 bits per heavy atom. The molecule has 0 radical (unpaired) electrons. The monoisotopic (exact) mass is 282 g/mol. The molecule has 0 aliphatic carbocycles. The summed E-state index contributed by atoms with van der Waals surface area (Å²) in [6.07, 6.45) is 9.98. The van der Waals surface area contributed by atoms with Crippen LogP contribution in [0.3, 0.4) is 0 Å². The summed E-state index contributed by atoms with van der Waals surface area (Å²) in [5.74, 6) is 0.473. The van der Waals surface area contributed by atoms with Gasteiger partial charge in [0, 0.05) is 43.7 Å². The predicted molar refractivity (Wildman–Crippen MR) is 80.0 cm³/mol. The summed E-state index contributed by atoms with van der Waals surface area (Å²) in [6.45, 7) is 2.11. The van der Waals surface area contributed by atoms with Gasteiger partial charge in [-0.2, -0.15) is 10.2 Å². The fraction of sp³-hybridized carbons (Fsp3) is 0.400. The van der Waals surface area contributed by atoms with E-state index in [4.69, 9.17) is 0 Å². The maximum Gasteiger partial charge on any atom is 0.0965 e. The van der Waals surface area contributed by atoms with Gasteiger partial charge in [-0.25, -0.2) is 4.52 Å². The first-order valence-corrected chi connectivity index (χ1v) is 7.35. The minimum absolute atomic E-state index is 0.473. The quantitative estimate of drug-likeness (QED) is 0.775. The van der Waals surface area contributed by atoms with Gasteiger partial charge in [0.15, 0.2) is 0 Å². The molecular weight excluding hydrogens is 264 g/mol. The highest BCUT2D eigenvalue weighted by Crippen LogP contribution is 2.27. The van der Waals surface area contributed by atoms with Gasteiger partial charge in [-0.1, -0.05) is 0 Å². The lowest BCUT2D eigenvalue weighted by Gasteiger charge is -2.22. The molecule has 0 saturated carbocycles. The summed E-state index contributed by atoms with van der Waals surface area (Å²) < 4.78 is 3.73. The smallest absolute Gasteiger partial charge is 0.0965 e. The average Bonchev–Trinajstić information content (AvgIpc) is 3.13. The van der Waals surface area contributed by atoms with Crippen molar-refractivity contribution in [1.82, 2.24) is 29.7 Å². The van der Waals surface area contributed by atoms with Gasteiger partial charge < -0.3 is 5.32 Å². The number of piperidine rings is 1. The molecule has 4 heterocycles. The first kappa shape index (κ1) is 12.5. The molecule has 1 fully saturated rings. The summed E-state index contributed by atoms with van der Waals surface area (Å²) in [4.78, 5) is 4.62. The van der Waals surface area contributed by atoms with E-state index in [0.717, 1.165) is 35.6 Å². The van der Waals surface area contributed by atoms with Gasteiger partial charge in [0.25, 0.3) is 0 Å². The fourth-order valence-corrected chi connectivity index (χ4v) is 3.04. The number of aromatic nitrogens is 5. The Kier molecular flexibility index (Phi) is 2.96. The predicted octanol–water partition coefficient (Wildman–Crippen LogP) is 1.60. The van der Waals surface area contributed by atoms with Crippen molar-refractivity contribution >= 4 is 5.52 Å². The minimum atomic E-state index is 0.473. The normalized spacial score (nSPS) is 19.2. The number of hydrogen-bond acceptors (Lipinski definition) is 4. The fourth-order valence-electron chi connectivity index (χ4n) is 3.04. The van der Waals surface area contributed by atoms with Gasteiger partial charge in [-0.3, -0.25) is 9.67 Å². The van der Waals surface area contributed by atoms with Gasteiger partial charge in [-0.15, -0.1) is 0 Å². The van der Waals surface area contributed by atoms with E-state index in [-0.39, 0.29) is 0 Å². The molecule has 1 saturated heterocycles. The lowest BCUT2D eigenvalue weighted by molar-refractivity contribution is 0.455. The van der Waals surface area contributed by atoms with E-state index in [2.05, 4.69) is 26.6 Å². The lowest BCUT2D eigenvalue weighted by atomic mass is 9.95. The van der Waals surface area contributed by atoms with Crippen molar-refractivity contribution in [2.75, 3.05) is 13.1 Å². The zero-order valence-electron chi connectivity index (χ0n) is 12.0. The molecule has 6 nitrogen and oxygen atoms in total. The third kappa shape index (κ3) is 2.21. The van der Waals surface area contributed by atoms with Crippen LogP contribution >= 0.6 is 0 Å². The van der Waals surface area contributed by atoms with Crippen molar-refractivity contribution in [2.45, 2.75) is 18.8 Å². The van der Waals surface area contributed by atoms with Crippen LogP contribution < -0.4 is 5.32 Å². The van der Waals surface area contributed by atoms with Crippen LogP contribution in [-0.4, -0.2) is 37.5 Å². The molecule has 1 aliphatic rings. The Hall–Kier alpha value is -2.21. The molecule has 0 spiro atoms. The number of fused-ring (bicyclic) bond motifs is 1. The summed E-state index contributed by atoms with van der Waals surface area (Å²) >= 11 is 0. The highest BCUT2D eigenvalue weighted by Gasteiger charge is 2.20. The molecule has 1 atom stereocenters. The Labute approximate surface area is 122 Å². The lowest BCUT2D eigenvalue weighted by Crippen LogP contribution is -2.29. The van der Waals surface area contributed by atoms with Gasteiger partial charge in [0.2, 0.25) is 0 Å². The largest absolute Gasteiger partial charge is 0.316 e. The molecule has 3 aromatic rings. The van der Waals surface area contributed by atoms with Crippen LogP contribution in [0, 0.1) is 0 Å². The zero-order valence-corrected chi connectivity index (χ0v) is 12.0. The third-order valence-electron chi connectivity index (χ3n) is 4.10. The van der Waals surface area contributed by atoms with Crippen LogP contribution in [0.2, 0.25) is 0 Å². The Morgan fingerprint density at radius 1 is 1.38 bits per heavy atom. The van der Waals surface area contributed by atoms with Crippen LogP contribution in [0.25, 0.3) is 16.8 Å². The van der Waals surface area contributed by atoms with Crippen LogP contribution in [-0.2, 0) is 7.05 Å². The molecule has 0 bridgehead atoms. The number of nitrogens with one attached hydrogen (secondary N) is 1. The van der Waals surface area contributed by atoms with Crippen LogP contribution in [0.5, 0.6) is 0 Å². The second-order valence-corrected chi connectivity index (χ2v) is 5.62. The van der Waals surface area contributed by atoms with Gasteiger partial charge >= 0.3 is 0 Å². The maximum atomic E-state index is 4.65. The number of rotatable bonds is 2. The molecule has 0 amide bonds. The molecule has 1 unspecified atom stereocenters. The van der Waals surface area contributed by atoms with Crippen LogP contribution in [0.15, 0.2) is 30.9 Å². The highest BCUT2D eigenvalue weighted by molar-refractivity contribution is 5.66. The molecule has 21 heavy (non-hydrogen) atoms. The molecule has 1 aliphatic heterocycles. The van der Waals surface area contributed by atoms with Gasteiger partial charge in [-0.05, 0) is 25.5 Å². The molecule has 0 aromatic carbocycles. The average molecular weight is 282 g/mol. The molecule has 6 heteroatoms. The molecule has 1 N–H and O–H groups in total. The van der Waals surface area contributed by atoms with E-state index in [1.807, 2.05) is 36.4 Å². The highest BCUT2D eigenvalue weighted by atomic mass is 15.3. The van der Waals surface area contributed by atoms with Crippen molar-refractivity contribution < 1.29 is 0 Å². The molecule has 3 aromatic heterocycles. The van der Waals surface area contributed by atoms with Gasteiger partial charge in [0.05, 0.1) is 23.1 Å².